The molecule has 8 nitrogen and oxygen atoms in total. The van der Waals surface area contributed by atoms with Gasteiger partial charge in [-0.15, -0.1) is 0 Å². The molecule has 0 radical (unpaired) electrons. The molecule has 1 aromatic heterocycles. The summed E-state index contributed by atoms with van der Waals surface area (Å²) in [5.74, 6) is 1.56. The third kappa shape index (κ3) is 5.47. The number of amides is 2. The molecule has 8 heteroatoms. The van der Waals surface area contributed by atoms with Gasteiger partial charge in [-0.3, -0.25) is 14.5 Å². The van der Waals surface area contributed by atoms with Crippen LogP contribution in [0.5, 0.6) is 5.75 Å². The van der Waals surface area contributed by atoms with Crippen molar-refractivity contribution in [1.82, 2.24) is 19.3 Å². The van der Waals surface area contributed by atoms with Crippen molar-refractivity contribution in [3.05, 3.63) is 76.5 Å². The molecule has 1 saturated carbocycles. The van der Waals surface area contributed by atoms with E-state index in [0.29, 0.717) is 19.0 Å². The second-order valence-corrected chi connectivity index (χ2v) is 12.6. The Morgan fingerprint density at radius 2 is 1.93 bits per heavy atom. The van der Waals surface area contributed by atoms with Crippen LogP contribution in [0.3, 0.4) is 0 Å². The maximum atomic E-state index is 14.5. The van der Waals surface area contributed by atoms with Crippen LogP contribution in [0.15, 0.2) is 43.0 Å². The van der Waals surface area contributed by atoms with Gasteiger partial charge >= 0.3 is 0 Å². The minimum Gasteiger partial charge on any atom is -0.496 e. The molecular weight excluding hydrogens is 540 g/mol. The first-order valence-corrected chi connectivity index (χ1v) is 15.4. The Balaban J connectivity index is 1.34. The third-order valence-electron chi connectivity index (χ3n) is 9.65. The Labute approximate surface area is 254 Å². The van der Waals surface area contributed by atoms with E-state index in [9.17, 15) is 9.59 Å². The summed E-state index contributed by atoms with van der Waals surface area (Å²) in [5, 5.41) is 0.966. The van der Waals surface area contributed by atoms with Gasteiger partial charge in [0, 0.05) is 57.0 Å². The number of ether oxygens (including phenoxy) is 2. The molecule has 2 fully saturated rings. The topological polar surface area (TPSA) is 67.2 Å². The SMILES string of the molecule is C=CC(OC)N1CC(N(C)C(=O)Cn2c(CC3CC3)c(C(=O)N3CCc4c(cccc4OC)C3)c3cc(C)cc(C)c32)C1. The fourth-order valence-corrected chi connectivity index (χ4v) is 7.04. The minimum absolute atomic E-state index is 0.0586. The fourth-order valence-electron chi connectivity index (χ4n) is 7.04. The fraction of sp³-hybridized carbons (Fsp3) is 0.486. The largest absolute Gasteiger partial charge is 0.496 e. The Bertz CT molecular complexity index is 1570. The quantitative estimate of drug-likeness (QED) is 0.323. The molecule has 0 spiro atoms. The van der Waals surface area contributed by atoms with Crippen molar-refractivity contribution in [2.75, 3.05) is 40.9 Å². The van der Waals surface area contributed by atoms with E-state index in [4.69, 9.17) is 9.47 Å². The van der Waals surface area contributed by atoms with Gasteiger partial charge in [0.25, 0.3) is 5.91 Å². The van der Waals surface area contributed by atoms with Crippen LogP contribution < -0.4 is 4.74 Å². The summed E-state index contributed by atoms with van der Waals surface area (Å²) in [6.45, 7) is 10.9. The number of likely N-dealkylation sites (tertiary alicyclic amines) is 1. The molecule has 6 rings (SSSR count). The highest BCUT2D eigenvalue weighted by atomic mass is 16.5. The number of benzene rings is 2. The molecule has 1 unspecified atom stereocenters. The van der Waals surface area contributed by atoms with Crippen molar-refractivity contribution in [2.45, 2.75) is 64.9 Å². The summed E-state index contributed by atoms with van der Waals surface area (Å²) < 4.78 is 13.3. The summed E-state index contributed by atoms with van der Waals surface area (Å²) in [6, 6.07) is 10.5. The van der Waals surface area contributed by atoms with Gasteiger partial charge in [-0.1, -0.05) is 30.3 Å². The second-order valence-electron chi connectivity index (χ2n) is 12.6. The molecule has 228 valence electrons. The normalized spacial score (nSPS) is 17.8. The van der Waals surface area contributed by atoms with Crippen LogP contribution in [0, 0.1) is 19.8 Å². The molecular formula is C35H44N4O4. The van der Waals surface area contributed by atoms with Crippen LogP contribution in [0.25, 0.3) is 10.9 Å². The number of hydrogen-bond donors (Lipinski definition) is 0. The lowest BCUT2D eigenvalue weighted by molar-refractivity contribution is -0.140. The minimum atomic E-state index is -0.138. The molecule has 3 aliphatic rings. The van der Waals surface area contributed by atoms with E-state index in [1.54, 1.807) is 20.3 Å². The zero-order valence-corrected chi connectivity index (χ0v) is 26.2. The number of methoxy groups -OCH3 is 2. The van der Waals surface area contributed by atoms with Gasteiger partial charge in [0.1, 0.15) is 18.5 Å². The second kappa shape index (κ2) is 11.8. The Kier molecular flexibility index (Phi) is 8.09. The number of nitrogens with zero attached hydrogens (tertiary/aromatic N) is 4. The van der Waals surface area contributed by atoms with E-state index in [-0.39, 0.29) is 30.6 Å². The lowest BCUT2D eigenvalue weighted by Gasteiger charge is -2.46. The van der Waals surface area contributed by atoms with E-state index in [0.717, 1.165) is 70.5 Å². The molecule has 0 bridgehead atoms. The van der Waals surface area contributed by atoms with Crippen LogP contribution in [0.4, 0.5) is 0 Å². The number of aryl methyl sites for hydroxylation is 2. The van der Waals surface area contributed by atoms with Gasteiger partial charge in [0.05, 0.1) is 24.2 Å². The summed E-state index contributed by atoms with van der Waals surface area (Å²) in [6.07, 6.45) is 5.56. The number of carbonyl (C=O) groups is 2. The van der Waals surface area contributed by atoms with Crippen molar-refractivity contribution < 1.29 is 19.1 Å². The molecule has 3 heterocycles. The van der Waals surface area contributed by atoms with Crippen molar-refractivity contribution in [1.29, 1.82) is 0 Å². The van der Waals surface area contributed by atoms with Crippen molar-refractivity contribution in [3.63, 3.8) is 0 Å². The molecule has 2 aliphatic heterocycles. The number of likely N-dealkylation sites (N-methyl/N-ethyl adjacent to an activating group) is 1. The predicted octanol–water partition coefficient (Wildman–Crippen LogP) is 4.72. The van der Waals surface area contributed by atoms with Crippen LogP contribution in [-0.4, -0.2) is 84.3 Å². The highest BCUT2D eigenvalue weighted by Crippen LogP contribution is 2.39. The molecule has 43 heavy (non-hydrogen) atoms. The highest BCUT2D eigenvalue weighted by Gasteiger charge is 2.37. The van der Waals surface area contributed by atoms with Crippen molar-refractivity contribution in [3.8, 4) is 5.75 Å². The van der Waals surface area contributed by atoms with Crippen LogP contribution in [0.1, 0.15) is 51.1 Å². The molecule has 1 aliphatic carbocycles. The average molecular weight is 585 g/mol. The smallest absolute Gasteiger partial charge is 0.256 e. The average Bonchev–Trinajstić information content (AvgIpc) is 3.75. The van der Waals surface area contributed by atoms with E-state index in [1.165, 1.54) is 18.4 Å². The number of carbonyl (C=O) groups excluding carboxylic acids is 2. The lowest BCUT2D eigenvalue weighted by Crippen LogP contribution is -2.62. The maximum Gasteiger partial charge on any atom is 0.256 e. The predicted molar refractivity (Wildman–Crippen MR) is 168 cm³/mol. The van der Waals surface area contributed by atoms with Crippen molar-refractivity contribution in [2.24, 2.45) is 5.92 Å². The van der Waals surface area contributed by atoms with Gasteiger partial charge in [0.2, 0.25) is 5.91 Å². The Hall–Kier alpha value is -3.62. The monoisotopic (exact) mass is 584 g/mol. The summed E-state index contributed by atoms with van der Waals surface area (Å²) >= 11 is 0. The van der Waals surface area contributed by atoms with E-state index in [2.05, 4.69) is 48.1 Å². The first kappa shape index (κ1) is 29.5. The van der Waals surface area contributed by atoms with E-state index >= 15 is 0 Å². The molecule has 1 atom stereocenters. The molecule has 2 amide bonds. The standard InChI is InChI=1S/C35H44N4O4/c1-7-32(43-6)38-19-26(20-38)36(4)31(40)21-39-29(17-24-11-12-24)33(28-16-22(2)15-23(3)34(28)39)35(41)37-14-13-27-25(18-37)9-8-10-30(27)42-5/h7-10,15-16,24,26,32H,1,11-14,17-21H2,2-6H3. The van der Waals surface area contributed by atoms with Gasteiger partial charge in [-0.05, 0) is 74.8 Å². The maximum absolute atomic E-state index is 14.5. The highest BCUT2D eigenvalue weighted by molar-refractivity contribution is 6.09. The van der Waals surface area contributed by atoms with E-state index in [1.807, 2.05) is 29.0 Å². The van der Waals surface area contributed by atoms with E-state index < -0.39 is 0 Å². The lowest BCUT2D eigenvalue weighted by atomic mass is 9.97. The molecule has 1 saturated heterocycles. The summed E-state index contributed by atoms with van der Waals surface area (Å²) in [5.41, 5.74) is 7.34. The van der Waals surface area contributed by atoms with Gasteiger partial charge in [-0.2, -0.15) is 0 Å². The number of aromatic nitrogens is 1. The summed E-state index contributed by atoms with van der Waals surface area (Å²) in [7, 11) is 5.28. The van der Waals surface area contributed by atoms with Crippen LogP contribution in [-0.2, 0) is 35.5 Å². The van der Waals surface area contributed by atoms with Gasteiger partial charge in [-0.25, -0.2) is 0 Å². The Morgan fingerprint density at radius 1 is 1.16 bits per heavy atom. The zero-order valence-electron chi connectivity index (χ0n) is 26.2. The Morgan fingerprint density at radius 3 is 2.60 bits per heavy atom. The zero-order chi connectivity index (χ0) is 30.4. The number of rotatable bonds is 10. The van der Waals surface area contributed by atoms with Crippen molar-refractivity contribution >= 4 is 22.7 Å². The first-order valence-electron chi connectivity index (χ1n) is 15.4. The molecule has 3 aromatic rings. The molecule has 0 N–H and O–H groups in total. The number of fused-ring (bicyclic) bond motifs is 2. The third-order valence-corrected chi connectivity index (χ3v) is 9.65. The van der Waals surface area contributed by atoms with Gasteiger partial charge in [0.15, 0.2) is 0 Å². The number of hydrogen-bond acceptors (Lipinski definition) is 5. The van der Waals surface area contributed by atoms with Gasteiger partial charge < -0.3 is 23.8 Å². The first-order chi connectivity index (χ1) is 20.7. The molecule has 2 aromatic carbocycles. The van der Waals surface area contributed by atoms with Crippen LogP contribution >= 0.6 is 0 Å². The summed E-state index contributed by atoms with van der Waals surface area (Å²) in [4.78, 5) is 34.4. The van der Waals surface area contributed by atoms with Crippen LogP contribution in [0.2, 0.25) is 0 Å².